The number of aliphatic hydroxyl groups is 1. The van der Waals surface area contributed by atoms with E-state index < -0.39 is 6.10 Å². The molecule has 0 heterocycles. The first-order valence-electron chi connectivity index (χ1n) is 6.18. The number of benzene rings is 1. The fourth-order valence-corrected chi connectivity index (χ4v) is 1.85. The Hall–Kier alpha value is -1.06. The Labute approximate surface area is 104 Å². The monoisotopic (exact) mass is 237 g/mol. The lowest BCUT2D eigenvalue weighted by atomic mass is 10.1. The van der Waals surface area contributed by atoms with Crippen LogP contribution in [0.4, 0.5) is 0 Å². The van der Waals surface area contributed by atoms with Crippen LogP contribution in [-0.2, 0) is 0 Å². The summed E-state index contributed by atoms with van der Waals surface area (Å²) in [6, 6.07) is 7.63. The lowest BCUT2D eigenvalue weighted by Gasteiger charge is -2.21. The number of methoxy groups -OCH3 is 1. The summed E-state index contributed by atoms with van der Waals surface area (Å²) in [7, 11) is 3.67. The number of rotatable bonds is 7. The molecule has 1 rings (SSSR count). The molecule has 0 spiro atoms. The number of para-hydroxylation sites is 1. The molecule has 0 aliphatic carbocycles. The molecule has 17 heavy (non-hydrogen) atoms. The summed E-state index contributed by atoms with van der Waals surface area (Å²) in [6.07, 6.45) is 1.84. The fraction of sp³-hybridized carbons (Fsp3) is 0.571. The number of unbranched alkanes of at least 4 members (excludes halogenated alkanes) is 1. The van der Waals surface area contributed by atoms with Crippen molar-refractivity contribution in [1.82, 2.24) is 4.90 Å². The minimum atomic E-state index is -0.493. The number of aliphatic hydroxyl groups excluding tert-OH is 1. The van der Waals surface area contributed by atoms with Gasteiger partial charge in [0.25, 0.3) is 0 Å². The third-order valence-electron chi connectivity index (χ3n) is 2.88. The standard InChI is InChI=1S/C14H23NO2/c1-4-5-10-15(2)11-13(16)12-8-6-7-9-14(12)17-3/h6-9,13,16H,4-5,10-11H2,1-3H3. The summed E-state index contributed by atoms with van der Waals surface area (Å²) in [5, 5.41) is 10.2. The zero-order chi connectivity index (χ0) is 12.7. The lowest BCUT2D eigenvalue weighted by Crippen LogP contribution is -2.25. The van der Waals surface area contributed by atoms with Crippen LogP contribution in [0, 0.1) is 0 Å². The average Bonchev–Trinajstić information content (AvgIpc) is 2.36. The number of hydrogen-bond acceptors (Lipinski definition) is 3. The van der Waals surface area contributed by atoms with Crippen molar-refractivity contribution in [3.8, 4) is 5.75 Å². The third kappa shape index (κ3) is 4.36. The number of likely N-dealkylation sites (N-methyl/N-ethyl adjacent to an activating group) is 1. The largest absolute Gasteiger partial charge is 0.496 e. The van der Waals surface area contributed by atoms with E-state index in [1.54, 1.807) is 7.11 Å². The first-order chi connectivity index (χ1) is 8.19. The van der Waals surface area contributed by atoms with Crippen LogP contribution in [0.2, 0.25) is 0 Å². The van der Waals surface area contributed by atoms with Gasteiger partial charge in [0.2, 0.25) is 0 Å². The second-order valence-electron chi connectivity index (χ2n) is 4.37. The molecule has 3 heteroatoms. The van der Waals surface area contributed by atoms with Gasteiger partial charge in [-0.05, 0) is 26.1 Å². The molecule has 1 atom stereocenters. The zero-order valence-corrected chi connectivity index (χ0v) is 11.0. The van der Waals surface area contributed by atoms with Gasteiger partial charge < -0.3 is 14.7 Å². The zero-order valence-electron chi connectivity index (χ0n) is 11.0. The second kappa shape index (κ2) is 7.30. The Morgan fingerprint density at radius 2 is 2.06 bits per heavy atom. The van der Waals surface area contributed by atoms with Crippen molar-refractivity contribution in [1.29, 1.82) is 0 Å². The van der Waals surface area contributed by atoms with Crippen LogP contribution in [-0.4, -0.2) is 37.3 Å². The van der Waals surface area contributed by atoms with E-state index in [1.807, 2.05) is 31.3 Å². The highest BCUT2D eigenvalue weighted by molar-refractivity contribution is 5.35. The van der Waals surface area contributed by atoms with E-state index in [-0.39, 0.29) is 0 Å². The van der Waals surface area contributed by atoms with Crippen molar-refractivity contribution in [2.24, 2.45) is 0 Å². The van der Waals surface area contributed by atoms with E-state index in [2.05, 4.69) is 11.8 Å². The highest BCUT2D eigenvalue weighted by Gasteiger charge is 2.14. The van der Waals surface area contributed by atoms with Crippen molar-refractivity contribution in [3.05, 3.63) is 29.8 Å². The van der Waals surface area contributed by atoms with Crippen LogP contribution < -0.4 is 4.74 Å². The molecule has 1 aromatic carbocycles. The topological polar surface area (TPSA) is 32.7 Å². The molecule has 0 saturated carbocycles. The van der Waals surface area contributed by atoms with Crippen LogP contribution in [0.1, 0.15) is 31.4 Å². The molecule has 0 fully saturated rings. The Morgan fingerprint density at radius 1 is 1.35 bits per heavy atom. The number of ether oxygens (including phenoxy) is 1. The summed E-state index contributed by atoms with van der Waals surface area (Å²) in [4.78, 5) is 2.15. The van der Waals surface area contributed by atoms with Crippen LogP contribution in [0.25, 0.3) is 0 Å². The molecule has 1 aromatic rings. The molecule has 96 valence electrons. The van der Waals surface area contributed by atoms with Gasteiger partial charge in [-0.1, -0.05) is 31.5 Å². The normalized spacial score (nSPS) is 12.8. The predicted octanol–water partition coefficient (Wildman–Crippen LogP) is 2.46. The van der Waals surface area contributed by atoms with Gasteiger partial charge in [0, 0.05) is 12.1 Å². The van der Waals surface area contributed by atoms with Crippen molar-refractivity contribution >= 4 is 0 Å². The first kappa shape index (κ1) is 14.0. The molecule has 0 aromatic heterocycles. The fourth-order valence-electron chi connectivity index (χ4n) is 1.85. The smallest absolute Gasteiger partial charge is 0.124 e. The number of hydrogen-bond donors (Lipinski definition) is 1. The molecule has 0 aliphatic rings. The van der Waals surface area contributed by atoms with Crippen LogP contribution in [0.15, 0.2) is 24.3 Å². The summed E-state index contributed by atoms with van der Waals surface area (Å²) in [5.41, 5.74) is 0.860. The van der Waals surface area contributed by atoms with Crippen molar-refractivity contribution in [2.45, 2.75) is 25.9 Å². The van der Waals surface area contributed by atoms with E-state index in [0.29, 0.717) is 6.54 Å². The van der Waals surface area contributed by atoms with Crippen molar-refractivity contribution in [3.63, 3.8) is 0 Å². The Morgan fingerprint density at radius 3 is 2.71 bits per heavy atom. The van der Waals surface area contributed by atoms with Gasteiger partial charge >= 0.3 is 0 Å². The molecule has 0 amide bonds. The van der Waals surface area contributed by atoms with E-state index in [1.165, 1.54) is 6.42 Å². The van der Waals surface area contributed by atoms with Gasteiger partial charge in [0.05, 0.1) is 13.2 Å². The molecule has 0 radical (unpaired) electrons. The maximum atomic E-state index is 10.2. The highest BCUT2D eigenvalue weighted by Crippen LogP contribution is 2.24. The minimum absolute atomic E-state index is 0.493. The van der Waals surface area contributed by atoms with Gasteiger partial charge in [-0.2, -0.15) is 0 Å². The van der Waals surface area contributed by atoms with E-state index in [0.717, 1.165) is 24.3 Å². The quantitative estimate of drug-likeness (QED) is 0.790. The third-order valence-corrected chi connectivity index (χ3v) is 2.88. The van der Waals surface area contributed by atoms with Gasteiger partial charge in [0.1, 0.15) is 5.75 Å². The molecule has 0 saturated heterocycles. The summed E-state index contributed by atoms with van der Waals surface area (Å²) < 4.78 is 5.25. The van der Waals surface area contributed by atoms with Crippen molar-refractivity contribution in [2.75, 3.05) is 27.2 Å². The molecular weight excluding hydrogens is 214 g/mol. The molecule has 1 N–H and O–H groups in total. The molecule has 3 nitrogen and oxygen atoms in total. The molecule has 0 bridgehead atoms. The van der Waals surface area contributed by atoms with Crippen LogP contribution >= 0.6 is 0 Å². The van der Waals surface area contributed by atoms with E-state index in [9.17, 15) is 5.11 Å². The molecule has 0 aliphatic heterocycles. The number of nitrogens with zero attached hydrogens (tertiary/aromatic N) is 1. The Kier molecular flexibility index (Phi) is 6.01. The van der Waals surface area contributed by atoms with Gasteiger partial charge in [-0.15, -0.1) is 0 Å². The predicted molar refractivity (Wildman–Crippen MR) is 70.4 cm³/mol. The average molecular weight is 237 g/mol. The van der Waals surface area contributed by atoms with Gasteiger partial charge in [0.15, 0.2) is 0 Å². The molecule has 1 unspecified atom stereocenters. The van der Waals surface area contributed by atoms with E-state index in [4.69, 9.17) is 4.74 Å². The first-order valence-corrected chi connectivity index (χ1v) is 6.18. The van der Waals surface area contributed by atoms with Crippen LogP contribution in [0.5, 0.6) is 5.75 Å². The Balaban J connectivity index is 2.59. The maximum absolute atomic E-state index is 10.2. The van der Waals surface area contributed by atoms with E-state index >= 15 is 0 Å². The Bertz CT molecular complexity index is 328. The van der Waals surface area contributed by atoms with Gasteiger partial charge in [-0.25, -0.2) is 0 Å². The maximum Gasteiger partial charge on any atom is 0.124 e. The van der Waals surface area contributed by atoms with Gasteiger partial charge in [-0.3, -0.25) is 0 Å². The van der Waals surface area contributed by atoms with Crippen molar-refractivity contribution < 1.29 is 9.84 Å². The lowest BCUT2D eigenvalue weighted by molar-refractivity contribution is 0.123. The SMILES string of the molecule is CCCCN(C)CC(O)c1ccccc1OC. The second-order valence-corrected chi connectivity index (χ2v) is 4.37. The van der Waals surface area contributed by atoms with Crippen LogP contribution in [0.3, 0.4) is 0 Å². The summed E-state index contributed by atoms with van der Waals surface area (Å²) in [5.74, 6) is 0.754. The summed E-state index contributed by atoms with van der Waals surface area (Å²) >= 11 is 0. The summed E-state index contributed by atoms with van der Waals surface area (Å²) in [6.45, 7) is 3.83. The highest BCUT2D eigenvalue weighted by atomic mass is 16.5. The minimum Gasteiger partial charge on any atom is -0.496 e. The molecular formula is C14H23NO2.